The lowest BCUT2D eigenvalue weighted by Gasteiger charge is -2.26. The molecule has 0 fully saturated rings. The summed E-state index contributed by atoms with van der Waals surface area (Å²) in [6, 6.07) is 2.16. The fourth-order valence-electron chi connectivity index (χ4n) is 1.33. The van der Waals surface area contributed by atoms with Crippen LogP contribution in [0.2, 0.25) is 0 Å². The minimum Gasteiger partial charge on any atom is -0.345 e. The summed E-state index contributed by atoms with van der Waals surface area (Å²) in [5.74, 6) is -2.10. The molecule has 0 aromatic heterocycles. The standard InChI is InChI=1S/C12H11Br2F4NO/c1-11(5-13,6-14)19-10(20)7-2-3-9(15)8(4-7)12(16,17)18/h2-4H,5-6H2,1H3,(H,19,20). The molecule has 8 heteroatoms. The van der Waals surface area contributed by atoms with Crippen molar-refractivity contribution in [3.8, 4) is 0 Å². The summed E-state index contributed by atoms with van der Waals surface area (Å²) < 4.78 is 50.9. The van der Waals surface area contributed by atoms with Crippen LogP contribution >= 0.6 is 31.9 Å². The Hall–Kier alpha value is -0.630. The van der Waals surface area contributed by atoms with Gasteiger partial charge in [-0.05, 0) is 25.1 Å². The molecule has 0 bridgehead atoms. The SMILES string of the molecule is CC(CBr)(CBr)NC(=O)c1ccc(F)c(C(F)(F)F)c1. The predicted molar refractivity (Wildman–Crippen MR) is 74.9 cm³/mol. The number of benzene rings is 1. The van der Waals surface area contributed by atoms with Gasteiger partial charge in [-0.1, -0.05) is 31.9 Å². The second kappa shape index (κ2) is 6.43. The Balaban J connectivity index is 3.07. The number of nitrogens with one attached hydrogen (secondary N) is 1. The molecule has 1 amide bonds. The number of hydrogen-bond donors (Lipinski definition) is 1. The summed E-state index contributed by atoms with van der Waals surface area (Å²) in [7, 11) is 0. The van der Waals surface area contributed by atoms with Gasteiger partial charge in [-0.15, -0.1) is 0 Å². The average molecular weight is 421 g/mol. The summed E-state index contributed by atoms with van der Waals surface area (Å²) in [5, 5.41) is 3.40. The Morgan fingerprint density at radius 2 is 1.80 bits per heavy atom. The highest BCUT2D eigenvalue weighted by atomic mass is 79.9. The van der Waals surface area contributed by atoms with E-state index in [1.807, 2.05) is 0 Å². The van der Waals surface area contributed by atoms with Crippen LogP contribution in [-0.2, 0) is 6.18 Å². The number of halogens is 6. The molecule has 2 nitrogen and oxygen atoms in total. The van der Waals surface area contributed by atoms with Crippen molar-refractivity contribution < 1.29 is 22.4 Å². The zero-order valence-corrected chi connectivity index (χ0v) is 13.5. The minimum absolute atomic E-state index is 0.244. The van der Waals surface area contributed by atoms with Crippen molar-refractivity contribution in [1.29, 1.82) is 0 Å². The van der Waals surface area contributed by atoms with Crippen LogP contribution in [0.25, 0.3) is 0 Å². The smallest absolute Gasteiger partial charge is 0.345 e. The first kappa shape index (κ1) is 17.4. The van der Waals surface area contributed by atoms with Crippen molar-refractivity contribution in [2.24, 2.45) is 0 Å². The molecule has 0 spiro atoms. The van der Waals surface area contributed by atoms with Crippen molar-refractivity contribution in [1.82, 2.24) is 5.32 Å². The fraction of sp³-hybridized carbons (Fsp3) is 0.417. The van der Waals surface area contributed by atoms with Gasteiger partial charge in [0.1, 0.15) is 5.82 Å². The van der Waals surface area contributed by atoms with Crippen molar-refractivity contribution in [3.63, 3.8) is 0 Å². The van der Waals surface area contributed by atoms with Crippen LogP contribution in [0, 0.1) is 5.82 Å². The van der Waals surface area contributed by atoms with Crippen LogP contribution in [0.4, 0.5) is 17.6 Å². The summed E-state index contributed by atoms with van der Waals surface area (Å²) in [4.78, 5) is 11.9. The van der Waals surface area contributed by atoms with E-state index in [0.717, 1.165) is 6.07 Å². The van der Waals surface area contributed by atoms with Gasteiger partial charge < -0.3 is 5.32 Å². The molecule has 0 saturated carbocycles. The molecule has 0 unspecified atom stereocenters. The van der Waals surface area contributed by atoms with Gasteiger partial charge in [0, 0.05) is 16.2 Å². The third-order valence-electron chi connectivity index (χ3n) is 2.54. The van der Waals surface area contributed by atoms with Crippen LogP contribution < -0.4 is 5.32 Å². The number of alkyl halides is 5. The van der Waals surface area contributed by atoms with E-state index in [1.54, 1.807) is 6.92 Å². The molecule has 0 saturated heterocycles. The highest BCUT2D eigenvalue weighted by Crippen LogP contribution is 2.32. The molecule has 0 radical (unpaired) electrons. The molecule has 0 aliphatic heterocycles. The van der Waals surface area contributed by atoms with Crippen molar-refractivity contribution in [3.05, 3.63) is 35.1 Å². The number of hydrogen-bond acceptors (Lipinski definition) is 1. The third-order valence-corrected chi connectivity index (χ3v) is 5.01. The molecule has 1 aromatic rings. The van der Waals surface area contributed by atoms with E-state index in [-0.39, 0.29) is 5.56 Å². The maximum Gasteiger partial charge on any atom is 0.419 e. The van der Waals surface area contributed by atoms with Crippen LogP contribution in [0.3, 0.4) is 0 Å². The lowest BCUT2D eigenvalue weighted by molar-refractivity contribution is -0.140. The van der Waals surface area contributed by atoms with E-state index in [9.17, 15) is 22.4 Å². The Labute approximate surface area is 130 Å². The van der Waals surface area contributed by atoms with Crippen LogP contribution in [0.1, 0.15) is 22.8 Å². The molecule has 0 heterocycles. The van der Waals surface area contributed by atoms with E-state index in [1.165, 1.54) is 0 Å². The van der Waals surface area contributed by atoms with E-state index in [4.69, 9.17) is 0 Å². The summed E-state index contributed by atoms with van der Waals surface area (Å²) in [6.07, 6.45) is -4.84. The minimum atomic E-state index is -4.84. The molecule has 1 N–H and O–H groups in total. The third kappa shape index (κ3) is 4.18. The topological polar surface area (TPSA) is 29.1 Å². The Morgan fingerprint density at radius 3 is 2.25 bits per heavy atom. The first-order valence-corrected chi connectivity index (χ1v) is 7.68. The average Bonchev–Trinajstić information content (AvgIpc) is 2.37. The van der Waals surface area contributed by atoms with Gasteiger partial charge in [0.2, 0.25) is 0 Å². The molecular formula is C12H11Br2F4NO. The van der Waals surface area contributed by atoms with E-state index >= 15 is 0 Å². The second-order valence-electron chi connectivity index (χ2n) is 4.47. The van der Waals surface area contributed by atoms with Gasteiger partial charge in [0.25, 0.3) is 5.91 Å². The molecule has 0 aliphatic rings. The van der Waals surface area contributed by atoms with Gasteiger partial charge in [0.15, 0.2) is 0 Å². The molecule has 0 aliphatic carbocycles. The van der Waals surface area contributed by atoms with E-state index in [0.29, 0.717) is 22.8 Å². The summed E-state index contributed by atoms with van der Waals surface area (Å²) in [5.41, 5.74) is -2.36. The Kier molecular flexibility index (Phi) is 5.60. The highest BCUT2D eigenvalue weighted by molar-refractivity contribution is 9.09. The van der Waals surface area contributed by atoms with Crippen LogP contribution in [0.15, 0.2) is 18.2 Å². The molecule has 112 valence electrons. The second-order valence-corrected chi connectivity index (χ2v) is 5.60. The molecule has 20 heavy (non-hydrogen) atoms. The van der Waals surface area contributed by atoms with Crippen molar-refractivity contribution in [2.45, 2.75) is 18.6 Å². The Bertz CT molecular complexity index is 501. The lowest BCUT2D eigenvalue weighted by Crippen LogP contribution is -2.49. The highest BCUT2D eigenvalue weighted by Gasteiger charge is 2.35. The Morgan fingerprint density at radius 1 is 1.25 bits per heavy atom. The van der Waals surface area contributed by atoms with Gasteiger partial charge in [-0.2, -0.15) is 13.2 Å². The number of amides is 1. The summed E-state index contributed by atoms with van der Waals surface area (Å²) in [6.45, 7) is 1.71. The van der Waals surface area contributed by atoms with Crippen LogP contribution in [-0.4, -0.2) is 22.1 Å². The lowest BCUT2D eigenvalue weighted by atomic mass is 10.1. The fourth-order valence-corrected chi connectivity index (χ4v) is 2.54. The quantitative estimate of drug-likeness (QED) is 0.576. The van der Waals surface area contributed by atoms with E-state index < -0.39 is 29.0 Å². The monoisotopic (exact) mass is 419 g/mol. The van der Waals surface area contributed by atoms with Gasteiger partial charge >= 0.3 is 6.18 Å². The van der Waals surface area contributed by atoms with Gasteiger partial charge in [0.05, 0.1) is 11.1 Å². The number of rotatable bonds is 4. The van der Waals surface area contributed by atoms with Crippen molar-refractivity contribution in [2.75, 3.05) is 10.7 Å². The maximum atomic E-state index is 13.1. The van der Waals surface area contributed by atoms with E-state index in [2.05, 4.69) is 37.2 Å². The number of carbonyl (C=O) groups is 1. The number of carbonyl (C=O) groups excluding carboxylic acids is 1. The van der Waals surface area contributed by atoms with Crippen LogP contribution in [0.5, 0.6) is 0 Å². The first-order chi connectivity index (χ1) is 9.13. The first-order valence-electron chi connectivity index (χ1n) is 5.44. The molecule has 1 aromatic carbocycles. The van der Waals surface area contributed by atoms with Crippen molar-refractivity contribution >= 4 is 37.8 Å². The summed E-state index contributed by atoms with van der Waals surface area (Å²) >= 11 is 6.41. The van der Waals surface area contributed by atoms with Gasteiger partial charge in [-0.25, -0.2) is 4.39 Å². The zero-order valence-electron chi connectivity index (χ0n) is 10.3. The molecule has 1 rings (SSSR count). The maximum absolute atomic E-state index is 13.1. The zero-order chi connectivity index (χ0) is 15.6. The normalized spacial score (nSPS) is 12.3. The molecule has 0 atom stereocenters. The van der Waals surface area contributed by atoms with Gasteiger partial charge in [-0.3, -0.25) is 4.79 Å². The molecular weight excluding hydrogens is 410 g/mol. The predicted octanol–water partition coefficient (Wildman–Crippen LogP) is 4.12. The largest absolute Gasteiger partial charge is 0.419 e.